The molecule has 0 amide bonds. The zero-order valence-corrected chi connectivity index (χ0v) is 7.35. The fourth-order valence-corrected chi connectivity index (χ4v) is 1.07. The molecule has 0 N–H and O–H groups in total. The van der Waals surface area contributed by atoms with E-state index in [4.69, 9.17) is 4.74 Å². The Kier molecular flexibility index (Phi) is 2.40. The zero-order chi connectivity index (χ0) is 9.80. The maximum Gasteiger partial charge on any atom is 0.130 e. The SMILES string of the molecule is Fc1cccc(Oc2ccncc2)c1. The molecule has 2 rings (SSSR count). The molecule has 2 aromatic rings. The Labute approximate surface area is 81.0 Å². The molecular weight excluding hydrogens is 181 g/mol. The molecule has 0 saturated carbocycles. The van der Waals surface area contributed by atoms with Gasteiger partial charge in [0, 0.05) is 18.5 Å². The van der Waals surface area contributed by atoms with Crippen LogP contribution in [0.25, 0.3) is 0 Å². The number of halogens is 1. The largest absolute Gasteiger partial charge is 0.457 e. The molecule has 2 nitrogen and oxygen atoms in total. The van der Waals surface area contributed by atoms with Crippen molar-refractivity contribution in [2.45, 2.75) is 0 Å². The van der Waals surface area contributed by atoms with Crippen LogP contribution >= 0.6 is 0 Å². The second kappa shape index (κ2) is 3.87. The predicted octanol–water partition coefficient (Wildman–Crippen LogP) is 3.01. The molecule has 0 aliphatic heterocycles. The molecule has 0 aliphatic carbocycles. The first-order chi connectivity index (χ1) is 6.84. The first kappa shape index (κ1) is 8.69. The highest BCUT2D eigenvalue weighted by molar-refractivity contribution is 5.29. The van der Waals surface area contributed by atoms with Gasteiger partial charge in [-0.3, -0.25) is 4.98 Å². The van der Waals surface area contributed by atoms with Crippen molar-refractivity contribution >= 4 is 0 Å². The third kappa shape index (κ3) is 2.07. The average Bonchev–Trinajstić information content (AvgIpc) is 2.19. The summed E-state index contributed by atoms with van der Waals surface area (Å²) in [7, 11) is 0. The molecule has 0 spiro atoms. The van der Waals surface area contributed by atoms with Gasteiger partial charge < -0.3 is 4.74 Å². The summed E-state index contributed by atoms with van der Waals surface area (Å²) in [6.07, 6.45) is 3.24. The molecule has 0 fully saturated rings. The van der Waals surface area contributed by atoms with Crippen molar-refractivity contribution in [3.05, 3.63) is 54.6 Å². The molecule has 0 saturated heterocycles. The van der Waals surface area contributed by atoms with Crippen molar-refractivity contribution in [1.82, 2.24) is 4.98 Å². The summed E-state index contributed by atoms with van der Waals surface area (Å²) in [6, 6.07) is 9.44. The van der Waals surface area contributed by atoms with Crippen LogP contribution < -0.4 is 4.74 Å². The van der Waals surface area contributed by atoms with Crippen LogP contribution in [-0.4, -0.2) is 4.98 Å². The van der Waals surface area contributed by atoms with Crippen LogP contribution in [0, 0.1) is 5.82 Å². The van der Waals surface area contributed by atoms with Crippen molar-refractivity contribution in [3.8, 4) is 11.5 Å². The summed E-state index contributed by atoms with van der Waals surface area (Å²) >= 11 is 0. The van der Waals surface area contributed by atoms with Gasteiger partial charge in [0.2, 0.25) is 0 Å². The topological polar surface area (TPSA) is 22.1 Å². The Morgan fingerprint density at radius 2 is 1.79 bits per heavy atom. The van der Waals surface area contributed by atoms with Gasteiger partial charge in [0.15, 0.2) is 0 Å². The third-order valence-electron chi connectivity index (χ3n) is 1.68. The maximum absolute atomic E-state index is 12.8. The molecule has 0 aliphatic rings. The van der Waals surface area contributed by atoms with Crippen molar-refractivity contribution in [2.75, 3.05) is 0 Å². The normalized spacial score (nSPS) is 9.79. The van der Waals surface area contributed by atoms with Crippen LogP contribution in [0.2, 0.25) is 0 Å². The Morgan fingerprint density at radius 3 is 2.50 bits per heavy atom. The van der Waals surface area contributed by atoms with Gasteiger partial charge in [0.05, 0.1) is 0 Å². The lowest BCUT2D eigenvalue weighted by atomic mass is 10.3. The van der Waals surface area contributed by atoms with Crippen LogP contribution in [0.5, 0.6) is 11.5 Å². The zero-order valence-electron chi connectivity index (χ0n) is 7.35. The minimum absolute atomic E-state index is 0.309. The van der Waals surface area contributed by atoms with Crippen molar-refractivity contribution in [1.29, 1.82) is 0 Å². The van der Waals surface area contributed by atoms with Gasteiger partial charge in [-0.05, 0) is 24.3 Å². The molecule has 0 unspecified atom stereocenters. The third-order valence-corrected chi connectivity index (χ3v) is 1.68. The number of rotatable bonds is 2. The van der Waals surface area contributed by atoms with Crippen LogP contribution in [0.4, 0.5) is 4.39 Å². The monoisotopic (exact) mass is 189 g/mol. The molecule has 0 bridgehead atoms. The Morgan fingerprint density at radius 1 is 1.00 bits per heavy atom. The molecule has 1 aromatic carbocycles. The van der Waals surface area contributed by atoms with E-state index >= 15 is 0 Å². The number of benzene rings is 1. The van der Waals surface area contributed by atoms with Crippen LogP contribution in [0.3, 0.4) is 0 Å². The lowest BCUT2D eigenvalue weighted by Crippen LogP contribution is -1.84. The second-order valence-electron chi connectivity index (χ2n) is 2.74. The van der Waals surface area contributed by atoms with E-state index < -0.39 is 0 Å². The van der Waals surface area contributed by atoms with E-state index in [0.717, 1.165) is 0 Å². The van der Waals surface area contributed by atoms with Crippen molar-refractivity contribution in [3.63, 3.8) is 0 Å². The number of ether oxygens (including phenoxy) is 1. The fourth-order valence-electron chi connectivity index (χ4n) is 1.07. The Balaban J connectivity index is 2.19. The lowest BCUT2D eigenvalue weighted by molar-refractivity contribution is 0.476. The maximum atomic E-state index is 12.8. The molecule has 3 heteroatoms. The van der Waals surface area contributed by atoms with E-state index in [1.54, 1.807) is 36.7 Å². The second-order valence-corrected chi connectivity index (χ2v) is 2.74. The van der Waals surface area contributed by atoms with Gasteiger partial charge in [-0.2, -0.15) is 0 Å². The summed E-state index contributed by atoms with van der Waals surface area (Å²) in [5, 5.41) is 0. The van der Waals surface area contributed by atoms with Crippen molar-refractivity contribution in [2.24, 2.45) is 0 Å². The van der Waals surface area contributed by atoms with E-state index in [2.05, 4.69) is 4.98 Å². The summed E-state index contributed by atoms with van der Waals surface area (Å²) < 4.78 is 18.2. The lowest BCUT2D eigenvalue weighted by Gasteiger charge is -2.04. The van der Waals surface area contributed by atoms with E-state index in [-0.39, 0.29) is 5.82 Å². The fraction of sp³-hybridized carbons (Fsp3) is 0. The summed E-state index contributed by atoms with van der Waals surface area (Å²) in [4.78, 5) is 3.85. The minimum Gasteiger partial charge on any atom is -0.457 e. The molecular formula is C11H8FNO. The van der Waals surface area contributed by atoms with Gasteiger partial charge in [0.25, 0.3) is 0 Å². The molecule has 0 radical (unpaired) electrons. The Hall–Kier alpha value is -1.90. The highest BCUT2D eigenvalue weighted by atomic mass is 19.1. The smallest absolute Gasteiger partial charge is 0.130 e. The number of aromatic nitrogens is 1. The van der Waals surface area contributed by atoms with E-state index in [1.807, 2.05) is 0 Å². The molecule has 14 heavy (non-hydrogen) atoms. The van der Waals surface area contributed by atoms with Crippen LogP contribution in [0.1, 0.15) is 0 Å². The number of nitrogens with zero attached hydrogens (tertiary/aromatic N) is 1. The minimum atomic E-state index is -0.309. The molecule has 1 aromatic heterocycles. The van der Waals surface area contributed by atoms with Gasteiger partial charge in [-0.1, -0.05) is 6.07 Å². The molecule has 0 atom stereocenters. The predicted molar refractivity (Wildman–Crippen MR) is 50.7 cm³/mol. The first-order valence-corrected chi connectivity index (χ1v) is 4.18. The number of pyridine rings is 1. The summed E-state index contributed by atoms with van der Waals surface area (Å²) in [5.41, 5.74) is 0. The first-order valence-electron chi connectivity index (χ1n) is 4.18. The van der Waals surface area contributed by atoms with Gasteiger partial charge in [0.1, 0.15) is 17.3 Å². The number of hydrogen-bond acceptors (Lipinski definition) is 2. The van der Waals surface area contributed by atoms with Crippen molar-refractivity contribution < 1.29 is 9.13 Å². The summed E-state index contributed by atoms with van der Waals surface area (Å²) in [5.74, 6) is 0.818. The summed E-state index contributed by atoms with van der Waals surface area (Å²) in [6.45, 7) is 0. The molecule has 1 heterocycles. The molecule has 70 valence electrons. The average molecular weight is 189 g/mol. The highest BCUT2D eigenvalue weighted by Gasteiger charge is 1.97. The van der Waals surface area contributed by atoms with Gasteiger partial charge in [-0.25, -0.2) is 4.39 Å². The van der Waals surface area contributed by atoms with Gasteiger partial charge in [-0.15, -0.1) is 0 Å². The standard InChI is InChI=1S/C11H8FNO/c12-9-2-1-3-11(8-9)14-10-4-6-13-7-5-10/h1-8H. The Bertz CT molecular complexity index is 417. The quantitative estimate of drug-likeness (QED) is 0.724. The highest BCUT2D eigenvalue weighted by Crippen LogP contribution is 2.20. The van der Waals surface area contributed by atoms with Crippen LogP contribution in [0.15, 0.2) is 48.8 Å². The van der Waals surface area contributed by atoms with Gasteiger partial charge >= 0.3 is 0 Å². The van der Waals surface area contributed by atoms with E-state index in [1.165, 1.54) is 12.1 Å². The van der Waals surface area contributed by atoms with E-state index in [0.29, 0.717) is 11.5 Å². The van der Waals surface area contributed by atoms with E-state index in [9.17, 15) is 4.39 Å². The van der Waals surface area contributed by atoms with Crippen LogP contribution in [-0.2, 0) is 0 Å². The number of hydrogen-bond donors (Lipinski definition) is 0.